The Morgan fingerprint density at radius 1 is 1.23 bits per heavy atom. The van der Waals surface area contributed by atoms with Gasteiger partial charge in [0.25, 0.3) is 0 Å². The molecular formula is C8H16N5. The first-order chi connectivity index (χ1) is 6.31. The topological polar surface area (TPSA) is 102 Å². The molecule has 73 valence electrons. The van der Waals surface area contributed by atoms with E-state index in [1.54, 1.807) is 6.19 Å². The van der Waals surface area contributed by atoms with Crippen molar-refractivity contribution in [1.29, 1.82) is 5.26 Å². The van der Waals surface area contributed by atoms with Crippen molar-refractivity contribution in [3.8, 4) is 6.19 Å². The van der Waals surface area contributed by atoms with Crippen LogP contribution in [0.25, 0.3) is 0 Å². The average molecular weight is 182 g/mol. The molecule has 5 nitrogen and oxygen atoms in total. The summed E-state index contributed by atoms with van der Waals surface area (Å²) in [6.45, 7) is 1.39. The molecule has 0 spiro atoms. The van der Waals surface area contributed by atoms with E-state index >= 15 is 0 Å². The monoisotopic (exact) mass is 182 g/mol. The SMILES string of the molecule is N#C[N]C(N)=NCCCCCCN. The molecule has 13 heavy (non-hydrogen) atoms. The first-order valence-corrected chi connectivity index (χ1v) is 4.41. The minimum absolute atomic E-state index is 0.0707. The summed E-state index contributed by atoms with van der Waals surface area (Å²) >= 11 is 0. The quantitative estimate of drug-likeness (QED) is 0.259. The Hall–Kier alpha value is -1.28. The number of hydrogen-bond acceptors (Lipinski definition) is 3. The molecule has 0 amide bonds. The van der Waals surface area contributed by atoms with Crippen molar-refractivity contribution >= 4 is 5.96 Å². The highest BCUT2D eigenvalue weighted by atomic mass is 15.1. The molecule has 0 aliphatic heterocycles. The van der Waals surface area contributed by atoms with Crippen LogP contribution in [0.4, 0.5) is 0 Å². The van der Waals surface area contributed by atoms with Crippen molar-refractivity contribution in [2.24, 2.45) is 16.5 Å². The Balaban J connectivity index is 3.24. The molecule has 1 radical (unpaired) electrons. The molecule has 0 aromatic carbocycles. The first kappa shape index (κ1) is 11.7. The number of guanidine groups is 1. The van der Waals surface area contributed by atoms with Gasteiger partial charge in [-0.05, 0) is 19.4 Å². The van der Waals surface area contributed by atoms with Crippen molar-refractivity contribution in [2.75, 3.05) is 13.1 Å². The van der Waals surface area contributed by atoms with Gasteiger partial charge in [0.2, 0.25) is 12.2 Å². The Morgan fingerprint density at radius 2 is 1.92 bits per heavy atom. The van der Waals surface area contributed by atoms with Gasteiger partial charge in [0, 0.05) is 6.54 Å². The van der Waals surface area contributed by atoms with Crippen LogP contribution in [-0.2, 0) is 0 Å². The molecule has 5 heteroatoms. The van der Waals surface area contributed by atoms with Crippen LogP contribution in [0.1, 0.15) is 25.7 Å². The molecule has 0 saturated heterocycles. The molecule has 0 fully saturated rings. The highest BCUT2D eigenvalue weighted by molar-refractivity contribution is 5.78. The van der Waals surface area contributed by atoms with Gasteiger partial charge in [-0.2, -0.15) is 5.26 Å². The zero-order valence-corrected chi connectivity index (χ0v) is 7.74. The summed E-state index contributed by atoms with van der Waals surface area (Å²) in [5.41, 5.74) is 10.6. The zero-order chi connectivity index (χ0) is 9.94. The van der Waals surface area contributed by atoms with Crippen LogP contribution in [0.2, 0.25) is 0 Å². The lowest BCUT2D eigenvalue weighted by Crippen LogP contribution is -2.21. The van der Waals surface area contributed by atoms with Gasteiger partial charge < -0.3 is 11.5 Å². The third kappa shape index (κ3) is 8.63. The van der Waals surface area contributed by atoms with Gasteiger partial charge in [0.15, 0.2) is 0 Å². The van der Waals surface area contributed by atoms with Gasteiger partial charge in [0.1, 0.15) is 0 Å². The lowest BCUT2D eigenvalue weighted by molar-refractivity contribution is 0.653. The fourth-order valence-electron chi connectivity index (χ4n) is 0.890. The second kappa shape index (κ2) is 8.81. The number of nitriles is 1. The highest BCUT2D eigenvalue weighted by Crippen LogP contribution is 1.98. The summed E-state index contributed by atoms with van der Waals surface area (Å²) < 4.78 is 0. The Kier molecular flexibility index (Phi) is 7.95. The van der Waals surface area contributed by atoms with Crippen LogP contribution in [0.5, 0.6) is 0 Å². The van der Waals surface area contributed by atoms with E-state index in [0.29, 0.717) is 6.54 Å². The predicted molar refractivity (Wildman–Crippen MR) is 51.8 cm³/mol. The highest BCUT2D eigenvalue weighted by Gasteiger charge is 1.91. The second-order valence-corrected chi connectivity index (χ2v) is 2.65. The van der Waals surface area contributed by atoms with Gasteiger partial charge in [-0.15, -0.1) is 5.32 Å². The summed E-state index contributed by atoms with van der Waals surface area (Å²) in [4.78, 5) is 3.89. The number of aliphatic imine (C=N–C) groups is 1. The maximum Gasteiger partial charge on any atom is 0.226 e. The van der Waals surface area contributed by atoms with E-state index in [-0.39, 0.29) is 5.96 Å². The van der Waals surface area contributed by atoms with E-state index in [9.17, 15) is 0 Å². The van der Waals surface area contributed by atoms with Gasteiger partial charge in [-0.1, -0.05) is 12.8 Å². The summed E-state index contributed by atoms with van der Waals surface area (Å²) in [7, 11) is 0. The largest absolute Gasteiger partial charge is 0.367 e. The maximum absolute atomic E-state index is 8.12. The summed E-state index contributed by atoms with van der Waals surface area (Å²) in [6, 6.07) is 0. The van der Waals surface area contributed by atoms with E-state index in [0.717, 1.165) is 32.2 Å². The number of nitrogens with zero attached hydrogens (tertiary/aromatic N) is 3. The lowest BCUT2D eigenvalue weighted by atomic mass is 10.2. The molecule has 0 bridgehead atoms. The molecule has 0 aromatic rings. The number of hydrogen-bond donors (Lipinski definition) is 2. The van der Waals surface area contributed by atoms with Crippen molar-refractivity contribution in [2.45, 2.75) is 25.7 Å². The normalized spacial score (nSPS) is 10.9. The minimum atomic E-state index is 0.0707. The first-order valence-electron chi connectivity index (χ1n) is 4.41. The van der Waals surface area contributed by atoms with Crippen LogP contribution >= 0.6 is 0 Å². The van der Waals surface area contributed by atoms with Crippen molar-refractivity contribution < 1.29 is 0 Å². The molecule has 4 N–H and O–H groups in total. The molecule has 0 saturated carbocycles. The van der Waals surface area contributed by atoms with Gasteiger partial charge in [-0.3, -0.25) is 4.99 Å². The molecule has 0 unspecified atom stereocenters. The van der Waals surface area contributed by atoms with E-state index in [1.807, 2.05) is 0 Å². The molecule has 0 aliphatic carbocycles. The summed E-state index contributed by atoms with van der Waals surface area (Å²) in [5.74, 6) is 0.0707. The van der Waals surface area contributed by atoms with E-state index in [2.05, 4.69) is 10.3 Å². The van der Waals surface area contributed by atoms with Crippen LogP contribution in [0.3, 0.4) is 0 Å². The Bertz CT molecular complexity index is 181. The van der Waals surface area contributed by atoms with Crippen molar-refractivity contribution in [1.82, 2.24) is 5.32 Å². The van der Waals surface area contributed by atoms with E-state index in [4.69, 9.17) is 16.7 Å². The molecule has 0 aromatic heterocycles. The van der Waals surface area contributed by atoms with Crippen molar-refractivity contribution in [3.05, 3.63) is 0 Å². The maximum atomic E-state index is 8.12. The zero-order valence-electron chi connectivity index (χ0n) is 7.74. The molecule has 0 aliphatic rings. The number of rotatable bonds is 6. The van der Waals surface area contributed by atoms with Crippen molar-refractivity contribution in [3.63, 3.8) is 0 Å². The van der Waals surface area contributed by atoms with Crippen LogP contribution in [0, 0.1) is 11.5 Å². The molecule has 0 atom stereocenters. The smallest absolute Gasteiger partial charge is 0.226 e. The molecule has 0 rings (SSSR count). The third-order valence-electron chi connectivity index (χ3n) is 1.55. The van der Waals surface area contributed by atoms with Gasteiger partial charge in [-0.25, -0.2) is 0 Å². The van der Waals surface area contributed by atoms with E-state index < -0.39 is 0 Å². The van der Waals surface area contributed by atoms with Gasteiger partial charge >= 0.3 is 0 Å². The molecule has 0 heterocycles. The minimum Gasteiger partial charge on any atom is -0.367 e. The molecular weight excluding hydrogens is 166 g/mol. The number of nitrogens with two attached hydrogens (primary N) is 2. The van der Waals surface area contributed by atoms with Gasteiger partial charge in [0.05, 0.1) is 0 Å². The summed E-state index contributed by atoms with van der Waals surface area (Å²) in [5, 5.41) is 11.4. The fraction of sp³-hybridized carbons (Fsp3) is 0.750. The fourth-order valence-corrected chi connectivity index (χ4v) is 0.890. The summed E-state index contributed by atoms with van der Waals surface area (Å²) in [6.07, 6.45) is 5.84. The van der Waals surface area contributed by atoms with Crippen LogP contribution in [0.15, 0.2) is 4.99 Å². The second-order valence-electron chi connectivity index (χ2n) is 2.65. The predicted octanol–water partition coefficient (Wildman–Crippen LogP) is -0.0943. The Morgan fingerprint density at radius 3 is 2.54 bits per heavy atom. The average Bonchev–Trinajstić information content (AvgIpc) is 2.11. The Labute approximate surface area is 78.8 Å². The van der Waals surface area contributed by atoms with Crippen LogP contribution in [-0.4, -0.2) is 19.0 Å². The van der Waals surface area contributed by atoms with E-state index in [1.165, 1.54) is 0 Å². The standard InChI is InChI=1S/C8H16N5/c9-5-3-1-2-4-6-12-8(11)13-7-10/h1-6,9H2,(H2,11,12). The number of unbranched alkanes of at least 4 members (excludes halogenated alkanes) is 3. The third-order valence-corrected chi connectivity index (χ3v) is 1.55. The van der Waals surface area contributed by atoms with Crippen LogP contribution < -0.4 is 16.8 Å². The lowest BCUT2D eigenvalue weighted by Gasteiger charge is -1.96.